The second-order valence-corrected chi connectivity index (χ2v) is 6.47. The van der Waals surface area contributed by atoms with Gasteiger partial charge in [0.05, 0.1) is 0 Å². The summed E-state index contributed by atoms with van der Waals surface area (Å²) in [6.45, 7) is 3.92. The third-order valence-electron chi connectivity index (χ3n) is 3.66. The average Bonchev–Trinajstić information content (AvgIpc) is 3.08. The summed E-state index contributed by atoms with van der Waals surface area (Å²) < 4.78 is 27.3. The molecular formula is C18H23F2N3S. The molecule has 1 aromatic carbocycles. The van der Waals surface area contributed by atoms with E-state index in [4.69, 9.17) is 0 Å². The van der Waals surface area contributed by atoms with Gasteiger partial charge in [0, 0.05) is 37.1 Å². The molecular weight excluding hydrogens is 328 g/mol. The van der Waals surface area contributed by atoms with Crippen molar-refractivity contribution >= 4 is 17.3 Å². The Kier molecular flexibility index (Phi) is 7.18. The summed E-state index contributed by atoms with van der Waals surface area (Å²) in [5.41, 5.74) is 0.0957. The highest BCUT2D eigenvalue weighted by Gasteiger charge is 2.09. The van der Waals surface area contributed by atoms with Crippen LogP contribution in [0.25, 0.3) is 0 Å². The van der Waals surface area contributed by atoms with Crippen LogP contribution in [0.15, 0.2) is 40.7 Å². The highest BCUT2D eigenvalue weighted by Crippen LogP contribution is 2.13. The van der Waals surface area contributed by atoms with Crippen LogP contribution in [0.3, 0.4) is 0 Å². The molecule has 0 radical (unpaired) electrons. The lowest BCUT2D eigenvalue weighted by atomic mass is 10.1. The number of guanidine groups is 1. The van der Waals surface area contributed by atoms with E-state index < -0.39 is 11.6 Å². The number of aliphatic imine (C=N–C) groups is 1. The van der Waals surface area contributed by atoms with E-state index in [1.807, 2.05) is 24.9 Å². The van der Waals surface area contributed by atoms with Crippen molar-refractivity contribution in [2.75, 3.05) is 26.7 Å². The summed E-state index contributed by atoms with van der Waals surface area (Å²) in [6, 6.07) is 8.09. The minimum Gasteiger partial charge on any atom is -0.357 e. The Bertz CT molecular complexity index is 636. The first-order valence-corrected chi connectivity index (χ1v) is 8.94. The van der Waals surface area contributed by atoms with Crippen molar-refractivity contribution in [3.8, 4) is 0 Å². The molecule has 1 heterocycles. The van der Waals surface area contributed by atoms with Crippen molar-refractivity contribution in [2.45, 2.75) is 19.8 Å². The van der Waals surface area contributed by atoms with E-state index in [0.717, 1.165) is 25.5 Å². The number of hydrogen-bond acceptors (Lipinski definition) is 2. The molecule has 24 heavy (non-hydrogen) atoms. The number of rotatable bonds is 7. The largest absolute Gasteiger partial charge is 0.357 e. The Labute approximate surface area is 146 Å². The van der Waals surface area contributed by atoms with E-state index in [9.17, 15) is 8.78 Å². The summed E-state index contributed by atoms with van der Waals surface area (Å²) in [4.78, 5) is 7.86. The number of hydrogen-bond donors (Lipinski definition) is 1. The van der Waals surface area contributed by atoms with Crippen LogP contribution in [0, 0.1) is 11.6 Å². The van der Waals surface area contributed by atoms with Gasteiger partial charge >= 0.3 is 0 Å². The first-order chi connectivity index (χ1) is 11.6. The Balaban J connectivity index is 1.94. The molecule has 0 fully saturated rings. The molecule has 0 bridgehead atoms. The predicted octanol–water partition coefficient (Wildman–Crippen LogP) is 3.71. The zero-order chi connectivity index (χ0) is 17.4. The van der Waals surface area contributed by atoms with Gasteiger partial charge in [0.1, 0.15) is 11.6 Å². The van der Waals surface area contributed by atoms with E-state index in [2.05, 4.69) is 21.8 Å². The second kappa shape index (κ2) is 9.37. The van der Waals surface area contributed by atoms with Gasteiger partial charge in [-0.1, -0.05) is 12.1 Å². The summed E-state index contributed by atoms with van der Waals surface area (Å²) in [7, 11) is 1.97. The number of likely N-dealkylation sites (N-methyl/N-ethyl adjacent to an activating group) is 1. The van der Waals surface area contributed by atoms with Gasteiger partial charge in [-0.3, -0.25) is 4.99 Å². The molecule has 6 heteroatoms. The normalized spacial score (nSPS) is 11.6. The van der Waals surface area contributed by atoms with E-state index in [1.165, 1.54) is 23.1 Å². The third kappa shape index (κ3) is 5.30. The highest BCUT2D eigenvalue weighted by atomic mass is 32.1. The standard InChI is InChI=1S/C18H23F2N3S/c1-3-21-18(23(2)12-10-14-6-5-13-24-14)22-11-9-15-16(19)7-4-8-17(15)20/h4-8,13H,3,9-12H2,1-2H3,(H,21,22). The average molecular weight is 351 g/mol. The second-order valence-electron chi connectivity index (χ2n) is 5.44. The topological polar surface area (TPSA) is 27.6 Å². The Hall–Kier alpha value is -1.95. The molecule has 0 saturated carbocycles. The van der Waals surface area contributed by atoms with Crippen LogP contribution in [-0.2, 0) is 12.8 Å². The van der Waals surface area contributed by atoms with E-state index in [-0.39, 0.29) is 12.0 Å². The van der Waals surface area contributed by atoms with Crippen molar-refractivity contribution in [1.29, 1.82) is 0 Å². The zero-order valence-corrected chi connectivity index (χ0v) is 14.9. The molecule has 0 aliphatic carbocycles. The van der Waals surface area contributed by atoms with Gasteiger partial charge in [0.15, 0.2) is 5.96 Å². The number of nitrogens with one attached hydrogen (secondary N) is 1. The number of nitrogens with zero attached hydrogens (tertiary/aromatic N) is 2. The van der Waals surface area contributed by atoms with Crippen molar-refractivity contribution in [3.05, 3.63) is 57.8 Å². The quantitative estimate of drug-likeness (QED) is 0.608. The maximum absolute atomic E-state index is 13.6. The minimum absolute atomic E-state index is 0.0957. The first kappa shape index (κ1) is 18.4. The zero-order valence-electron chi connectivity index (χ0n) is 14.1. The van der Waals surface area contributed by atoms with Gasteiger partial charge in [-0.2, -0.15) is 0 Å². The fraction of sp³-hybridized carbons (Fsp3) is 0.389. The number of thiophene rings is 1. The van der Waals surface area contributed by atoms with Gasteiger partial charge in [0.2, 0.25) is 0 Å². The fourth-order valence-electron chi connectivity index (χ4n) is 2.35. The number of halogens is 2. The molecule has 130 valence electrons. The maximum atomic E-state index is 13.6. The fourth-order valence-corrected chi connectivity index (χ4v) is 3.05. The number of benzene rings is 1. The predicted molar refractivity (Wildman–Crippen MR) is 96.7 cm³/mol. The lowest BCUT2D eigenvalue weighted by molar-refractivity contribution is 0.486. The molecule has 2 rings (SSSR count). The van der Waals surface area contributed by atoms with Crippen molar-refractivity contribution < 1.29 is 8.78 Å². The van der Waals surface area contributed by atoms with Gasteiger partial charge in [-0.05, 0) is 43.3 Å². The monoisotopic (exact) mass is 351 g/mol. The SMILES string of the molecule is CCNC(=NCCc1c(F)cccc1F)N(C)CCc1cccs1. The van der Waals surface area contributed by atoms with Crippen LogP contribution in [0.5, 0.6) is 0 Å². The van der Waals surface area contributed by atoms with Gasteiger partial charge in [-0.15, -0.1) is 11.3 Å². The lowest BCUT2D eigenvalue weighted by Crippen LogP contribution is -2.40. The molecule has 0 aliphatic heterocycles. The minimum atomic E-state index is -0.513. The molecule has 0 spiro atoms. The smallest absolute Gasteiger partial charge is 0.193 e. The van der Waals surface area contributed by atoms with Crippen LogP contribution >= 0.6 is 11.3 Å². The molecule has 0 aliphatic rings. The molecule has 1 aromatic heterocycles. The molecule has 3 nitrogen and oxygen atoms in total. The summed E-state index contributed by atoms with van der Waals surface area (Å²) in [6.07, 6.45) is 1.19. The Morgan fingerprint density at radius 1 is 1.17 bits per heavy atom. The van der Waals surface area contributed by atoms with Gasteiger partial charge in [0.25, 0.3) is 0 Å². The first-order valence-electron chi connectivity index (χ1n) is 8.06. The van der Waals surface area contributed by atoms with Crippen LogP contribution in [0.4, 0.5) is 8.78 Å². The summed E-state index contributed by atoms with van der Waals surface area (Å²) >= 11 is 1.74. The molecule has 0 saturated heterocycles. The maximum Gasteiger partial charge on any atom is 0.193 e. The van der Waals surface area contributed by atoms with Crippen molar-refractivity contribution in [1.82, 2.24) is 10.2 Å². The van der Waals surface area contributed by atoms with E-state index >= 15 is 0 Å². The Morgan fingerprint density at radius 3 is 2.54 bits per heavy atom. The molecule has 0 atom stereocenters. The highest BCUT2D eigenvalue weighted by molar-refractivity contribution is 7.09. The molecule has 0 amide bonds. The van der Waals surface area contributed by atoms with E-state index in [1.54, 1.807) is 11.3 Å². The van der Waals surface area contributed by atoms with Crippen LogP contribution in [-0.4, -0.2) is 37.5 Å². The van der Waals surface area contributed by atoms with E-state index in [0.29, 0.717) is 6.54 Å². The van der Waals surface area contributed by atoms with Crippen LogP contribution in [0.1, 0.15) is 17.4 Å². The lowest BCUT2D eigenvalue weighted by Gasteiger charge is -2.21. The molecule has 2 aromatic rings. The molecule has 0 unspecified atom stereocenters. The Morgan fingerprint density at radius 2 is 1.92 bits per heavy atom. The van der Waals surface area contributed by atoms with Crippen molar-refractivity contribution in [2.24, 2.45) is 4.99 Å². The van der Waals surface area contributed by atoms with Crippen LogP contribution in [0.2, 0.25) is 0 Å². The van der Waals surface area contributed by atoms with Gasteiger partial charge in [-0.25, -0.2) is 8.78 Å². The van der Waals surface area contributed by atoms with Crippen molar-refractivity contribution in [3.63, 3.8) is 0 Å². The van der Waals surface area contributed by atoms with Crippen LogP contribution < -0.4 is 5.32 Å². The summed E-state index contributed by atoms with van der Waals surface area (Å²) in [5, 5.41) is 5.29. The van der Waals surface area contributed by atoms with Gasteiger partial charge < -0.3 is 10.2 Å². The summed E-state index contributed by atoms with van der Waals surface area (Å²) in [5.74, 6) is -0.270. The third-order valence-corrected chi connectivity index (χ3v) is 4.59. The molecule has 1 N–H and O–H groups in total.